The number of benzene rings is 4. The number of ether oxygens (including phenoxy) is 2. The maximum atomic E-state index is 6.72. The van der Waals surface area contributed by atoms with Gasteiger partial charge in [0, 0.05) is 44.6 Å². The lowest BCUT2D eigenvalue weighted by molar-refractivity contribution is 0.0682. The van der Waals surface area contributed by atoms with E-state index in [0.29, 0.717) is 0 Å². The number of nitrogens with one attached hydrogen (secondary N) is 1. The molecule has 36 heavy (non-hydrogen) atoms. The monoisotopic (exact) mass is 474 g/mol. The van der Waals surface area contributed by atoms with Crippen molar-refractivity contribution in [2.75, 3.05) is 7.11 Å². The van der Waals surface area contributed by atoms with Gasteiger partial charge >= 0.3 is 0 Å². The second kappa shape index (κ2) is 7.30. The number of para-hydroxylation sites is 2. The van der Waals surface area contributed by atoms with E-state index in [2.05, 4.69) is 104 Å². The summed E-state index contributed by atoms with van der Waals surface area (Å²) in [5, 5.41) is 4.98. The molecule has 0 amide bonds. The van der Waals surface area contributed by atoms with E-state index >= 15 is 0 Å². The lowest BCUT2D eigenvalue weighted by Gasteiger charge is -2.40. The maximum Gasteiger partial charge on any atom is 0.143 e. The van der Waals surface area contributed by atoms with Gasteiger partial charge in [-0.3, -0.25) is 0 Å². The van der Waals surface area contributed by atoms with Crippen LogP contribution in [-0.2, 0) is 0 Å². The van der Waals surface area contributed by atoms with Crippen molar-refractivity contribution in [2.24, 2.45) is 0 Å². The normalized spacial score (nSPS) is 17.1. The fourth-order valence-corrected chi connectivity index (χ4v) is 6.40. The van der Waals surface area contributed by atoms with E-state index in [9.17, 15) is 0 Å². The Bertz CT molecular complexity index is 1840. The second-order valence-electron chi connectivity index (χ2n) is 10.9. The Balaban J connectivity index is 1.66. The Kier molecular flexibility index (Phi) is 4.33. The summed E-state index contributed by atoms with van der Waals surface area (Å²) in [7, 11) is 1.78. The predicted octanol–water partition coefficient (Wildman–Crippen LogP) is 8.20. The summed E-state index contributed by atoms with van der Waals surface area (Å²) in [5.74, 6) is 1.90. The van der Waals surface area contributed by atoms with Gasteiger partial charge in [0.25, 0.3) is 0 Å². The van der Waals surface area contributed by atoms with Crippen molar-refractivity contribution in [1.82, 2.24) is 9.55 Å². The van der Waals surface area contributed by atoms with Crippen LogP contribution in [0.4, 0.5) is 0 Å². The molecule has 0 spiro atoms. The van der Waals surface area contributed by atoms with E-state index in [1.54, 1.807) is 7.11 Å². The highest BCUT2D eigenvalue weighted by atomic mass is 16.5. The van der Waals surface area contributed by atoms with Gasteiger partial charge in [-0.25, -0.2) is 0 Å². The zero-order valence-electron chi connectivity index (χ0n) is 21.4. The molecule has 0 bridgehead atoms. The Labute approximate surface area is 210 Å². The molecule has 1 atom stereocenters. The summed E-state index contributed by atoms with van der Waals surface area (Å²) in [4.78, 5) is 3.76. The molecule has 3 heterocycles. The van der Waals surface area contributed by atoms with Crippen LogP contribution in [0.25, 0.3) is 43.6 Å². The van der Waals surface area contributed by atoms with Crippen molar-refractivity contribution in [3.8, 4) is 11.5 Å². The molecule has 2 aromatic heterocycles. The van der Waals surface area contributed by atoms with E-state index in [1.807, 2.05) is 0 Å². The first kappa shape index (κ1) is 21.4. The number of aromatic nitrogens is 2. The maximum absolute atomic E-state index is 6.72. The largest absolute Gasteiger partial charge is 0.495 e. The minimum absolute atomic E-state index is 0.0678. The molecule has 1 N–H and O–H groups in total. The van der Waals surface area contributed by atoms with Crippen molar-refractivity contribution < 1.29 is 9.47 Å². The fraction of sp³-hybridized carbons (Fsp3) is 0.250. The molecular weight excluding hydrogens is 444 g/mol. The molecule has 4 nitrogen and oxygen atoms in total. The van der Waals surface area contributed by atoms with Crippen LogP contribution >= 0.6 is 0 Å². The minimum atomic E-state index is -0.322. The number of methoxy groups -OCH3 is 1. The number of rotatable bonds is 2. The molecule has 6 aromatic rings. The van der Waals surface area contributed by atoms with Gasteiger partial charge in [0.15, 0.2) is 0 Å². The predicted molar refractivity (Wildman–Crippen MR) is 149 cm³/mol. The van der Waals surface area contributed by atoms with Crippen LogP contribution in [0.3, 0.4) is 0 Å². The SMILES string of the molecule is COc1cc(C)cc2c3ccccc3n([C@H]3CC(C)(C)Oc4c(C)cc5c([nH]c6ccccc65)c43)c12. The molecular formula is C32H30N2O2. The highest BCUT2D eigenvalue weighted by Gasteiger charge is 2.39. The third-order valence-electron chi connectivity index (χ3n) is 7.82. The summed E-state index contributed by atoms with van der Waals surface area (Å²) in [6.45, 7) is 8.72. The van der Waals surface area contributed by atoms with Crippen molar-refractivity contribution in [3.63, 3.8) is 0 Å². The molecule has 0 unspecified atom stereocenters. The Morgan fingerprint density at radius 2 is 1.67 bits per heavy atom. The summed E-state index contributed by atoms with van der Waals surface area (Å²) in [6.07, 6.45) is 0.846. The average molecular weight is 475 g/mol. The van der Waals surface area contributed by atoms with Crippen molar-refractivity contribution >= 4 is 43.6 Å². The molecule has 0 saturated carbocycles. The number of H-pyrrole nitrogens is 1. The number of hydrogen-bond donors (Lipinski definition) is 1. The summed E-state index contributed by atoms with van der Waals surface area (Å²) in [5.41, 5.74) is 7.95. The molecule has 4 heteroatoms. The molecule has 1 aliphatic rings. The highest BCUT2D eigenvalue weighted by molar-refractivity contribution is 6.12. The van der Waals surface area contributed by atoms with Crippen LogP contribution in [0, 0.1) is 13.8 Å². The number of aromatic amines is 1. The van der Waals surface area contributed by atoms with Gasteiger partial charge in [-0.1, -0.05) is 36.4 Å². The number of hydrogen-bond acceptors (Lipinski definition) is 2. The molecule has 0 aliphatic carbocycles. The van der Waals surface area contributed by atoms with Crippen LogP contribution < -0.4 is 9.47 Å². The van der Waals surface area contributed by atoms with E-state index in [1.165, 1.54) is 43.8 Å². The first-order chi connectivity index (χ1) is 17.4. The van der Waals surface area contributed by atoms with Crippen LogP contribution in [-0.4, -0.2) is 22.3 Å². The van der Waals surface area contributed by atoms with E-state index in [4.69, 9.17) is 9.47 Å². The smallest absolute Gasteiger partial charge is 0.143 e. The number of nitrogens with zero attached hydrogens (tertiary/aromatic N) is 1. The first-order valence-corrected chi connectivity index (χ1v) is 12.7. The highest BCUT2D eigenvalue weighted by Crippen LogP contribution is 2.51. The zero-order valence-corrected chi connectivity index (χ0v) is 21.4. The van der Waals surface area contributed by atoms with Gasteiger partial charge in [-0.15, -0.1) is 0 Å². The quantitative estimate of drug-likeness (QED) is 0.275. The first-order valence-electron chi connectivity index (χ1n) is 12.7. The topological polar surface area (TPSA) is 39.2 Å². The molecule has 7 rings (SSSR count). The fourth-order valence-electron chi connectivity index (χ4n) is 6.40. The van der Waals surface area contributed by atoms with E-state index < -0.39 is 0 Å². The molecule has 4 aromatic carbocycles. The van der Waals surface area contributed by atoms with Gasteiger partial charge in [0.05, 0.1) is 24.2 Å². The minimum Gasteiger partial charge on any atom is -0.495 e. The van der Waals surface area contributed by atoms with Crippen LogP contribution in [0.15, 0.2) is 66.7 Å². The van der Waals surface area contributed by atoms with Crippen LogP contribution in [0.1, 0.15) is 43.0 Å². The standard InChI is InChI=1S/C32H30N2O2/c1-18-14-23-21-11-7-9-13-25(21)34(30(23)27(15-18)35-5)26-17-32(3,4)36-31-19(2)16-22-20-10-6-8-12-24(20)33-29(22)28(26)31/h6-16,26,33H,17H2,1-5H3/t26-/m0/s1. The van der Waals surface area contributed by atoms with E-state index in [-0.39, 0.29) is 11.6 Å². The third-order valence-corrected chi connectivity index (χ3v) is 7.82. The number of fused-ring (bicyclic) bond motifs is 8. The van der Waals surface area contributed by atoms with Gasteiger partial charge in [-0.2, -0.15) is 0 Å². The van der Waals surface area contributed by atoms with Gasteiger partial charge < -0.3 is 19.0 Å². The van der Waals surface area contributed by atoms with Crippen LogP contribution in [0.5, 0.6) is 11.5 Å². The van der Waals surface area contributed by atoms with Crippen LogP contribution in [0.2, 0.25) is 0 Å². The molecule has 0 fully saturated rings. The molecule has 0 saturated heterocycles. The van der Waals surface area contributed by atoms with Gasteiger partial charge in [-0.05, 0) is 69.2 Å². The summed E-state index contributed by atoms with van der Waals surface area (Å²) in [6, 6.07) is 24.1. The third kappa shape index (κ3) is 2.87. The lowest BCUT2D eigenvalue weighted by atomic mass is 9.86. The summed E-state index contributed by atoms with van der Waals surface area (Å²) < 4.78 is 15.2. The lowest BCUT2D eigenvalue weighted by Crippen LogP contribution is -2.37. The molecule has 0 radical (unpaired) electrons. The molecule has 180 valence electrons. The Morgan fingerprint density at radius 1 is 0.917 bits per heavy atom. The number of aryl methyl sites for hydroxylation is 2. The van der Waals surface area contributed by atoms with E-state index in [0.717, 1.165) is 34.5 Å². The Hall–Kier alpha value is -3.92. The Morgan fingerprint density at radius 3 is 2.47 bits per heavy atom. The van der Waals surface area contributed by atoms with Crippen molar-refractivity contribution in [2.45, 2.75) is 45.8 Å². The second-order valence-corrected chi connectivity index (χ2v) is 10.9. The van der Waals surface area contributed by atoms with Crippen molar-refractivity contribution in [1.29, 1.82) is 0 Å². The van der Waals surface area contributed by atoms with Crippen molar-refractivity contribution in [3.05, 3.63) is 83.4 Å². The van der Waals surface area contributed by atoms with Gasteiger partial charge in [0.2, 0.25) is 0 Å². The molecule has 1 aliphatic heterocycles. The average Bonchev–Trinajstić information content (AvgIpc) is 3.38. The zero-order chi connectivity index (χ0) is 24.8. The van der Waals surface area contributed by atoms with Gasteiger partial charge in [0.1, 0.15) is 17.1 Å². The summed E-state index contributed by atoms with van der Waals surface area (Å²) >= 11 is 0.